The lowest BCUT2D eigenvalue weighted by Crippen LogP contribution is -2.28. The van der Waals surface area contributed by atoms with Crippen LogP contribution in [0.25, 0.3) is 0 Å². The summed E-state index contributed by atoms with van der Waals surface area (Å²) in [6, 6.07) is 15.3. The minimum atomic E-state index is -3.35. The van der Waals surface area contributed by atoms with E-state index in [1.54, 1.807) is 7.11 Å². The van der Waals surface area contributed by atoms with E-state index in [1.807, 2.05) is 55.5 Å². The van der Waals surface area contributed by atoms with E-state index in [0.29, 0.717) is 0 Å². The van der Waals surface area contributed by atoms with E-state index in [4.69, 9.17) is 4.74 Å². The molecule has 1 aliphatic carbocycles. The van der Waals surface area contributed by atoms with Crippen LogP contribution in [-0.4, -0.2) is 21.6 Å². The SMILES string of the molecule is COc1ccccc1C1CC1NS(=O)(=O)Cc1ccccc1C. The number of benzene rings is 2. The van der Waals surface area contributed by atoms with Gasteiger partial charge in [-0.1, -0.05) is 42.5 Å². The molecule has 0 amide bonds. The maximum Gasteiger partial charge on any atom is 0.216 e. The number of sulfonamides is 1. The predicted octanol–water partition coefficient (Wildman–Crippen LogP) is 2.98. The van der Waals surface area contributed by atoms with E-state index in [0.717, 1.165) is 28.9 Å². The summed E-state index contributed by atoms with van der Waals surface area (Å²) >= 11 is 0. The summed E-state index contributed by atoms with van der Waals surface area (Å²) in [5.74, 6) is 1.03. The van der Waals surface area contributed by atoms with Gasteiger partial charge in [0.15, 0.2) is 0 Å². The van der Waals surface area contributed by atoms with Crippen LogP contribution < -0.4 is 9.46 Å². The van der Waals surface area contributed by atoms with Gasteiger partial charge in [-0.15, -0.1) is 0 Å². The normalized spacial score (nSPS) is 20.3. The van der Waals surface area contributed by atoms with Gasteiger partial charge in [0.25, 0.3) is 0 Å². The van der Waals surface area contributed by atoms with Crippen molar-refractivity contribution >= 4 is 10.0 Å². The molecule has 0 heterocycles. The summed E-state index contributed by atoms with van der Waals surface area (Å²) in [6.45, 7) is 1.93. The van der Waals surface area contributed by atoms with Gasteiger partial charge in [-0.3, -0.25) is 0 Å². The number of hydrogen-bond acceptors (Lipinski definition) is 3. The number of aryl methyl sites for hydroxylation is 1. The summed E-state index contributed by atoms with van der Waals surface area (Å²) in [6.07, 6.45) is 0.813. The van der Waals surface area contributed by atoms with Crippen LogP contribution in [0.4, 0.5) is 0 Å². The van der Waals surface area contributed by atoms with Gasteiger partial charge in [0, 0.05) is 12.0 Å². The van der Waals surface area contributed by atoms with Crippen LogP contribution >= 0.6 is 0 Å². The third kappa shape index (κ3) is 3.74. The Bertz CT molecular complexity index is 801. The van der Waals surface area contributed by atoms with Crippen molar-refractivity contribution in [2.75, 3.05) is 7.11 Å². The number of rotatable bonds is 6. The Morgan fingerprint density at radius 1 is 1.13 bits per heavy atom. The molecule has 1 fully saturated rings. The number of nitrogens with one attached hydrogen (secondary N) is 1. The average molecular weight is 331 g/mol. The highest BCUT2D eigenvalue weighted by Gasteiger charge is 2.42. The molecule has 1 N–H and O–H groups in total. The van der Waals surface area contributed by atoms with Gasteiger partial charge < -0.3 is 4.74 Å². The fraction of sp³-hybridized carbons (Fsp3) is 0.333. The molecular weight excluding hydrogens is 310 g/mol. The molecule has 0 radical (unpaired) electrons. The molecule has 0 spiro atoms. The molecule has 23 heavy (non-hydrogen) atoms. The van der Waals surface area contributed by atoms with Gasteiger partial charge in [-0.25, -0.2) is 13.1 Å². The van der Waals surface area contributed by atoms with E-state index >= 15 is 0 Å². The van der Waals surface area contributed by atoms with Gasteiger partial charge in [0.05, 0.1) is 12.9 Å². The Morgan fingerprint density at radius 2 is 1.83 bits per heavy atom. The van der Waals surface area contributed by atoms with Gasteiger partial charge in [-0.2, -0.15) is 0 Å². The zero-order valence-corrected chi connectivity index (χ0v) is 14.1. The molecule has 0 aromatic heterocycles. The Balaban J connectivity index is 1.68. The van der Waals surface area contributed by atoms with Gasteiger partial charge >= 0.3 is 0 Å². The number of methoxy groups -OCH3 is 1. The van der Waals surface area contributed by atoms with Crippen molar-refractivity contribution in [2.24, 2.45) is 0 Å². The van der Waals surface area contributed by atoms with Crippen LogP contribution in [0.2, 0.25) is 0 Å². The molecule has 0 aliphatic heterocycles. The highest BCUT2D eigenvalue weighted by atomic mass is 32.2. The first-order chi connectivity index (χ1) is 11.0. The van der Waals surface area contributed by atoms with E-state index in [-0.39, 0.29) is 17.7 Å². The molecular formula is C18H21NO3S. The lowest BCUT2D eigenvalue weighted by molar-refractivity contribution is 0.409. The first kappa shape index (κ1) is 16.0. The van der Waals surface area contributed by atoms with E-state index in [2.05, 4.69) is 4.72 Å². The Hall–Kier alpha value is -1.85. The minimum absolute atomic E-state index is 0.0226. The number of hydrogen-bond donors (Lipinski definition) is 1. The van der Waals surface area contributed by atoms with Crippen molar-refractivity contribution in [3.63, 3.8) is 0 Å². The van der Waals surface area contributed by atoms with Gasteiger partial charge in [-0.05, 0) is 36.1 Å². The quantitative estimate of drug-likeness (QED) is 0.885. The summed E-state index contributed by atoms with van der Waals surface area (Å²) in [7, 11) is -1.71. The first-order valence-corrected chi connectivity index (χ1v) is 9.33. The first-order valence-electron chi connectivity index (χ1n) is 7.67. The van der Waals surface area contributed by atoms with Crippen molar-refractivity contribution in [3.8, 4) is 5.75 Å². The average Bonchev–Trinajstić information content (AvgIpc) is 3.27. The largest absolute Gasteiger partial charge is 0.496 e. The van der Waals surface area contributed by atoms with E-state index < -0.39 is 10.0 Å². The lowest BCUT2D eigenvalue weighted by atomic mass is 10.1. The minimum Gasteiger partial charge on any atom is -0.496 e. The third-order valence-corrected chi connectivity index (χ3v) is 5.62. The molecule has 0 bridgehead atoms. The second kappa shape index (κ2) is 6.34. The summed E-state index contributed by atoms with van der Waals surface area (Å²) in [5.41, 5.74) is 2.91. The molecule has 122 valence electrons. The summed E-state index contributed by atoms with van der Waals surface area (Å²) in [5, 5.41) is 0. The van der Waals surface area contributed by atoms with Crippen molar-refractivity contribution in [2.45, 2.75) is 31.1 Å². The van der Waals surface area contributed by atoms with Crippen molar-refractivity contribution < 1.29 is 13.2 Å². The van der Waals surface area contributed by atoms with Crippen LogP contribution in [-0.2, 0) is 15.8 Å². The van der Waals surface area contributed by atoms with Crippen LogP contribution in [0.5, 0.6) is 5.75 Å². The molecule has 4 nitrogen and oxygen atoms in total. The van der Waals surface area contributed by atoms with Gasteiger partial charge in [0.1, 0.15) is 5.75 Å². The maximum atomic E-state index is 12.4. The number of para-hydroxylation sites is 1. The Labute approximate surface area is 137 Å². The highest BCUT2D eigenvalue weighted by molar-refractivity contribution is 7.88. The standard InChI is InChI=1S/C18H21NO3S/c1-13-7-3-4-8-14(13)12-23(20,21)19-17-11-16(17)15-9-5-6-10-18(15)22-2/h3-10,16-17,19H,11-12H2,1-2H3. The van der Waals surface area contributed by atoms with Crippen LogP contribution in [0.15, 0.2) is 48.5 Å². The Kier molecular flexibility index (Phi) is 4.41. The van der Waals surface area contributed by atoms with E-state index in [9.17, 15) is 8.42 Å². The fourth-order valence-electron chi connectivity index (χ4n) is 2.89. The molecule has 1 saturated carbocycles. The van der Waals surface area contributed by atoms with E-state index in [1.165, 1.54) is 0 Å². The van der Waals surface area contributed by atoms with Crippen LogP contribution in [0, 0.1) is 6.92 Å². The molecule has 5 heteroatoms. The highest BCUT2D eigenvalue weighted by Crippen LogP contribution is 2.45. The zero-order valence-electron chi connectivity index (χ0n) is 13.3. The summed E-state index contributed by atoms with van der Waals surface area (Å²) < 4.78 is 33.0. The smallest absolute Gasteiger partial charge is 0.216 e. The van der Waals surface area contributed by atoms with Crippen molar-refractivity contribution in [1.82, 2.24) is 4.72 Å². The molecule has 1 aliphatic rings. The second-order valence-electron chi connectivity index (χ2n) is 5.99. The zero-order chi connectivity index (χ0) is 16.4. The molecule has 3 rings (SSSR count). The molecule has 0 saturated heterocycles. The number of ether oxygens (including phenoxy) is 1. The third-order valence-electron chi connectivity index (χ3n) is 4.27. The van der Waals surface area contributed by atoms with Crippen molar-refractivity contribution in [3.05, 3.63) is 65.2 Å². The molecule has 2 atom stereocenters. The topological polar surface area (TPSA) is 55.4 Å². The summed E-state index contributed by atoms with van der Waals surface area (Å²) in [4.78, 5) is 0. The molecule has 2 aromatic rings. The lowest BCUT2D eigenvalue weighted by Gasteiger charge is -2.10. The van der Waals surface area contributed by atoms with Crippen LogP contribution in [0.3, 0.4) is 0 Å². The predicted molar refractivity (Wildman–Crippen MR) is 91.1 cm³/mol. The van der Waals surface area contributed by atoms with Crippen LogP contribution in [0.1, 0.15) is 29.0 Å². The van der Waals surface area contributed by atoms with Gasteiger partial charge in [0.2, 0.25) is 10.0 Å². The molecule has 2 unspecified atom stereocenters. The maximum absolute atomic E-state index is 12.4. The Morgan fingerprint density at radius 3 is 2.57 bits per heavy atom. The molecule has 2 aromatic carbocycles. The second-order valence-corrected chi connectivity index (χ2v) is 7.75. The monoisotopic (exact) mass is 331 g/mol. The van der Waals surface area contributed by atoms with Crippen molar-refractivity contribution in [1.29, 1.82) is 0 Å². The fourth-order valence-corrected chi connectivity index (χ4v) is 4.43.